The summed E-state index contributed by atoms with van der Waals surface area (Å²) in [5, 5.41) is 0. The number of hydrogen-bond acceptors (Lipinski definition) is 2. The molecule has 2 nitrogen and oxygen atoms in total. The summed E-state index contributed by atoms with van der Waals surface area (Å²) < 4.78 is 0. The third-order valence-corrected chi connectivity index (χ3v) is 4.10. The Morgan fingerprint density at radius 2 is 1.79 bits per heavy atom. The predicted octanol–water partition coefficient (Wildman–Crippen LogP) is 3.02. The molecule has 1 fully saturated rings. The van der Waals surface area contributed by atoms with E-state index in [-0.39, 0.29) is 0 Å². The van der Waals surface area contributed by atoms with E-state index in [1.807, 2.05) is 0 Å². The maximum absolute atomic E-state index is 5.59. The van der Waals surface area contributed by atoms with Gasteiger partial charge in [0.15, 0.2) is 0 Å². The van der Waals surface area contributed by atoms with Crippen molar-refractivity contribution in [2.75, 3.05) is 26.2 Å². The highest BCUT2D eigenvalue weighted by Gasteiger charge is 2.20. The average molecular weight is 260 g/mol. The molecular formula is C17H28N2. The maximum Gasteiger partial charge on any atom is 0.000439 e. The molecule has 0 spiro atoms. The molecule has 19 heavy (non-hydrogen) atoms. The van der Waals surface area contributed by atoms with Crippen LogP contribution in [0, 0.1) is 5.92 Å². The smallest absolute Gasteiger partial charge is 0.000439 e. The number of rotatable bonds is 5. The Morgan fingerprint density at radius 3 is 2.32 bits per heavy atom. The lowest BCUT2D eigenvalue weighted by Crippen LogP contribution is -2.35. The van der Waals surface area contributed by atoms with Gasteiger partial charge in [0.05, 0.1) is 0 Å². The van der Waals surface area contributed by atoms with Gasteiger partial charge in [-0.2, -0.15) is 0 Å². The fourth-order valence-corrected chi connectivity index (χ4v) is 3.09. The minimum Gasteiger partial charge on any atom is -0.330 e. The van der Waals surface area contributed by atoms with Crippen LogP contribution < -0.4 is 5.73 Å². The van der Waals surface area contributed by atoms with Crippen molar-refractivity contribution in [1.82, 2.24) is 4.90 Å². The highest BCUT2D eigenvalue weighted by molar-refractivity contribution is 5.26. The molecule has 0 atom stereocenters. The fourth-order valence-electron chi connectivity index (χ4n) is 3.09. The summed E-state index contributed by atoms with van der Waals surface area (Å²) in [4.78, 5) is 2.62. The van der Waals surface area contributed by atoms with Crippen LogP contribution in [0.25, 0.3) is 0 Å². The molecule has 106 valence electrons. The normalized spacial score (nSPS) is 18.1. The molecule has 1 aliphatic heterocycles. The van der Waals surface area contributed by atoms with Gasteiger partial charge in [-0.25, -0.2) is 0 Å². The van der Waals surface area contributed by atoms with Gasteiger partial charge in [0.25, 0.3) is 0 Å². The van der Waals surface area contributed by atoms with Gasteiger partial charge in [-0.15, -0.1) is 0 Å². The quantitative estimate of drug-likeness (QED) is 0.882. The van der Waals surface area contributed by atoms with Crippen molar-refractivity contribution in [3.8, 4) is 0 Å². The lowest BCUT2D eigenvalue weighted by molar-refractivity contribution is 0.192. The van der Waals surface area contributed by atoms with Crippen molar-refractivity contribution >= 4 is 0 Å². The van der Waals surface area contributed by atoms with E-state index >= 15 is 0 Å². The van der Waals surface area contributed by atoms with Crippen molar-refractivity contribution < 1.29 is 0 Å². The van der Waals surface area contributed by atoms with Gasteiger partial charge < -0.3 is 10.6 Å². The molecule has 1 aromatic rings. The monoisotopic (exact) mass is 260 g/mol. The summed E-state index contributed by atoms with van der Waals surface area (Å²) in [5.74, 6) is 1.54. The van der Waals surface area contributed by atoms with Crippen molar-refractivity contribution in [3.05, 3.63) is 35.4 Å². The Balaban J connectivity index is 1.87. The largest absolute Gasteiger partial charge is 0.330 e. The molecule has 2 rings (SSSR count). The third-order valence-electron chi connectivity index (χ3n) is 4.10. The van der Waals surface area contributed by atoms with Crippen LogP contribution in [0.1, 0.15) is 43.7 Å². The lowest BCUT2D eigenvalue weighted by Gasteiger charge is -2.33. The van der Waals surface area contributed by atoms with Crippen LogP contribution in [-0.4, -0.2) is 31.1 Å². The zero-order valence-corrected chi connectivity index (χ0v) is 12.4. The highest BCUT2D eigenvalue weighted by atomic mass is 15.1. The number of likely N-dealkylation sites (tertiary alicyclic amines) is 1. The molecule has 0 saturated carbocycles. The van der Waals surface area contributed by atoms with Crippen LogP contribution in [0.15, 0.2) is 24.3 Å². The van der Waals surface area contributed by atoms with E-state index in [0.29, 0.717) is 0 Å². The molecule has 0 amide bonds. The summed E-state index contributed by atoms with van der Waals surface area (Å²) in [7, 11) is 0. The maximum atomic E-state index is 5.59. The van der Waals surface area contributed by atoms with Gasteiger partial charge in [-0.05, 0) is 61.9 Å². The zero-order chi connectivity index (χ0) is 13.7. The number of hydrogen-bond donors (Lipinski definition) is 1. The first-order valence-corrected chi connectivity index (χ1v) is 7.70. The Bertz CT molecular complexity index is 361. The molecule has 0 radical (unpaired) electrons. The molecule has 0 unspecified atom stereocenters. The van der Waals surface area contributed by atoms with Gasteiger partial charge in [0, 0.05) is 6.54 Å². The zero-order valence-electron chi connectivity index (χ0n) is 12.4. The van der Waals surface area contributed by atoms with Crippen molar-refractivity contribution in [3.63, 3.8) is 0 Å². The molecule has 1 aromatic carbocycles. The summed E-state index contributed by atoms with van der Waals surface area (Å²) in [6.07, 6.45) is 3.61. The van der Waals surface area contributed by atoms with Gasteiger partial charge in [-0.1, -0.05) is 38.1 Å². The average Bonchev–Trinajstić information content (AvgIpc) is 2.40. The van der Waals surface area contributed by atoms with E-state index in [1.54, 1.807) is 0 Å². The molecule has 1 saturated heterocycles. The topological polar surface area (TPSA) is 29.3 Å². The minimum absolute atomic E-state index is 0.743. The number of nitrogens with zero attached hydrogens (tertiary/aromatic N) is 1. The summed E-state index contributed by atoms with van der Waals surface area (Å²) >= 11 is 0. The highest BCUT2D eigenvalue weighted by Crippen LogP contribution is 2.28. The molecule has 2 heteroatoms. The predicted molar refractivity (Wildman–Crippen MR) is 82.5 cm³/mol. The van der Waals surface area contributed by atoms with E-state index in [1.165, 1.54) is 43.6 Å². The SMILES string of the molecule is CC(C)CN1CCC(c2ccc(CCN)cc2)CC1. The van der Waals surface area contributed by atoms with Gasteiger partial charge in [0.1, 0.15) is 0 Å². The van der Waals surface area contributed by atoms with E-state index in [9.17, 15) is 0 Å². The van der Waals surface area contributed by atoms with Crippen LogP contribution >= 0.6 is 0 Å². The van der Waals surface area contributed by atoms with Crippen molar-refractivity contribution in [2.45, 2.75) is 39.0 Å². The Morgan fingerprint density at radius 1 is 1.16 bits per heavy atom. The van der Waals surface area contributed by atoms with E-state index in [4.69, 9.17) is 5.73 Å². The van der Waals surface area contributed by atoms with E-state index < -0.39 is 0 Å². The van der Waals surface area contributed by atoms with E-state index in [2.05, 4.69) is 43.0 Å². The number of benzene rings is 1. The molecular weight excluding hydrogens is 232 g/mol. The van der Waals surface area contributed by atoms with Crippen LogP contribution in [0.3, 0.4) is 0 Å². The lowest BCUT2D eigenvalue weighted by atomic mass is 9.88. The van der Waals surface area contributed by atoms with Crippen LogP contribution in [0.2, 0.25) is 0 Å². The summed E-state index contributed by atoms with van der Waals surface area (Å²) in [5.41, 5.74) is 8.47. The number of nitrogens with two attached hydrogens (primary N) is 1. The van der Waals surface area contributed by atoms with Gasteiger partial charge >= 0.3 is 0 Å². The van der Waals surface area contributed by atoms with Gasteiger partial charge in [0.2, 0.25) is 0 Å². The second-order valence-electron chi connectivity index (χ2n) is 6.25. The van der Waals surface area contributed by atoms with Crippen molar-refractivity contribution in [2.24, 2.45) is 11.7 Å². The first-order chi connectivity index (χ1) is 9.19. The third kappa shape index (κ3) is 4.32. The fraction of sp³-hybridized carbons (Fsp3) is 0.647. The standard InChI is InChI=1S/C17H28N2/c1-14(2)13-19-11-8-17(9-12-19)16-5-3-15(4-6-16)7-10-18/h3-6,14,17H,7-13,18H2,1-2H3. The van der Waals surface area contributed by atoms with Crippen LogP contribution in [-0.2, 0) is 6.42 Å². The summed E-state index contributed by atoms with van der Waals surface area (Å²) in [6, 6.07) is 9.13. The molecule has 2 N–H and O–H groups in total. The minimum atomic E-state index is 0.743. The first-order valence-electron chi connectivity index (χ1n) is 7.70. The van der Waals surface area contributed by atoms with Crippen LogP contribution in [0.4, 0.5) is 0 Å². The molecule has 0 aromatic heterocycles. The molecule has 1 aliphatic rings. The summed E-state index contributed by atoms with van der Waals surface area (Å²) in [6.45, 7) is 9.13. The first kappa shape index (κ1) is 14.5. The molecule has 0 aliphatic carbocycles. The Kier molecular flexibility index (Phi) is 5.41. The molecule has 1 heterocycles. The van der Waals surface area contributed by atoms with Gasteiger partial charge in [-0.3, -0.25) is 0 Å². The van der Waals surface area contributed by atoms with E-state index in [0.717, 1.165) is 24.8 Å². The molecule has 0 bridgehead atoms. The number of piperidine rings is 1. The Labute approximate surface area is 118 Å². The van der Waals surface area contributed by atoms with Crippen molar-refractivity contribution in [1.29, 1.82) is 0 Å². The second kappa shape index (κ2) is 7.06. The van der Waals surface area contributed by atoms with Crippen LogP contribution in [0.5, 0.6) is 0 Å². The second-order valence-corrected chi connectivity index (χ2v) is 6.25. The Hall–Kier alpha value is -0.860.